The van der Waals surface area contributed by atoms with Crippen molar-refractivity contribution in [1.82, 2.24) is 5.32 Å². The van der Waals surface area contributed by atoms with E-state index in [2.05, 4.69) is 5.32 Å². The number of amides is 1. The lowest BCUT2D eigenvalue weighted by Gasteiger charge is -2.14. The normalized spacial score (nSPS) is 21.0. The summed E-state index contributed by atoms with van der Waals surface area (Å²) in [5, 5.41) is 2.82. The molecule has 142 valence electrons. The maximum Gasteiger partial charge on any atom is 0.249 e. The summed E-state index contributed by atoms with van der Waals surface area (Å²) in [6.07, 6.45) is 1.37. The molecular formula is C21H21F2NO3. The highest BCUT2D eigenvalue weighted by molar-refractivity contribution is 5.81. The maximum atomic E-state index is 14.5. The smallest absolute Gasteiger partial charge is 0.249 e. The van der Waals surface area contributed by atoms with Crippen LogP contribution in [-0.2, 0) is 16.0 Å². The summed E-state index contributed by atoms with van der Waals surface area (Å²) >= 11 is 0. The quantitative estimate of drug-likeness (QED) is 0.892. The van der Waals surface area contributed by atoms with Gasteiger partial charge >= 0.3 is 0 Å². The third-order valence-corrected chi connectivity index (χ3v) is 5.08. The zero-order chi connectivity index (χ0) is 19.0. The molecule has 0 bridgehead atoms. The molecule has 0 spiro atoms. The first-order chi connectivity index (χ1) is 13.0. The Morgan fingerprint density at radius 3 is 2.74 bits per heavy atom. The zero-order valence-electron chi connectivity index (χ0n) is 15.1. The van der Waals surface area contributed by atoms with E-state index in [4.69, 9.17) is 9.47 Å². The molecule has 4 rings (SSSR count). The lowest BCUT2D eigenvalue weighted by Crippen LogP contribution is -2.40. The molecule has 2 atom stereocenters. The van der Waals surface area contributed by atoms with Crippen LogP contribution in [0.1, 0.15) is 24.0 Å². The number of halogens is 2. The second kappa shape index (κ2) is 7.27. The van der Waals surface area contributed by atoms with E-state index in [-0.39, 0.29) is 23.6 Å². The van der Waals surface area contributed by atoms with Gasteiger partial charge in [0.05, 0.1) is 6.54 Å². The molecule has 1 amide bonds. The molecule has 0 aromatic heterocycles. The number of carbonyl (C=O) groups is 1. The van der Waals surface area contributed by atoms with Crippen LogP contribution in [0.5, 0.6) is 5.75 Å². The molecule has 2 aromatic rings. The molecule has 0 radical (unpaired) electrons. The predicted molar refractivity (Wildman–Crippen MR) is 96.6 cm³/mol. The molecule has 2 heterocycles. The Hall–Kier alpha value is -2.47. The predicted octanol–water partition coefficient (Wildman–Crippen LogP) is 3.54. The van der Waals surface area contributed by atoms with Gasteiger partial charge in [0.25, 0.3) is 0 Å². The van der Waals surface area contributed by atoms with E-state index in [0.29, 0.717) is 36.3 Å². The van der Waals surface area contributed by atoms with Crippen LogP contribution in [0.2, 0.25) is 0 Å². The SMILES string of the molecule is Cc1ccc(-c2cc(F)c3c(c2)CC(CNC(=O)C2CCCO2)O3)cc1F. The first kappa shape index (κ1) is 17.9. The van der Waals surface area contributed by atoms with Gasteiger partial charge in [0, 0.05) is 18.6 Å². The summed E-state index contributed by atoms with van der Waals surface area (Å²) in [4.78, 5) is 12.0. The third kappa shape index (κ3) is 3.67. The van der Waals surface area contributed by atoms with Crippen molar-refractivity contribution in [3.63, 3.8) is 0 Å². The Morgan fingerprint density at radius 1 is 1.19 bits per heavy atom. The summed E-state index contributed by atoms with van der Waals surface area (Å²) in [6.45, 7) is 2.59. The van der Waals surface area contributed by atoms with Gasteiger partial charge in [-0.2, -0.15) is 0 Å². The van der Waals surface area contributed by atoms with Crippen LogP contribution in [-0.4, -0.2) is 31.3 Å². The number of hydrogen-bond donors (Lipinski definition) is 1. The molecule has 6 heteroatoms. The van der Waals surface area contributed by atoms with Gasteiger partial charge in [-0.3, -0.25) is 4.79 Å². The molecule has 4 nitrogen and oxygen atoms in total. The number of nitrogens with one attached hydrogen (secondary N) is 1. The molecule has 1 fully saturated rings. The molecule has 27 heavy (non-hydrogen) atoms. The van der Waals surface area contributed by atoms with Gasteiger partial charge in [0.2, 0.25) is 5.91 Å². The minimum atomic E-state index is -0.476. The fourth-order valence-electron chi connectivity index (χ4n) is 3.55. The minimum Gasteiger partial charge on any atom is -0.485 e. The summed E-state index contributed by atoms with van der Waals surface area (Å²) < 4.78 is 39.4. The van der Waals surface area contributed by atoms with Crippen molar-refractivity contribution in [2.75, 3.05) is 13.2 Å². The van der Waals surface area contributed by atoms with Gasteiger partial charge in [0.1, 0.15) is 18.0 Å². The van der Waals surface area contributed by atoms with E-state index in [1.54, 1.807) is 19.1 Å². The number of aryl methyl sites for hydroxylation is 1. The molecule has 1 saturated heterocycles. The minimum absolute atomic E-state index is 0.150. The van der Waals surface area contributed by atoms with Crippen LogP contribution < -0.4 is 10.1 Å². The number of benzene rings is 2. The number of carbonyl (C=O) groups excluding carboxylic acids is 1. The van der Waals surface area contributed by atoms with E-state index in [1.165, 1.54) is 12.1 Å². The van der Waals surface area contributed by atoms with E-state index in [1.807, 2.05) is 6.07 Å². The third-order valence-electron chi connectivity index (χ3n) is 5.08. The monoisotopic (exact) mass is 373 g/mol. The molecule has 2 unspecified atom stereocenters. The van der Waals surface area contributed by atoms with Crippen molar-refractivity contribution in [3.05, 3.63) is 53.1 Å². The summed E-state index contributed by atoms with van der Waals surface area (Å²) in [5.74, 6) is -0.734. The Bertz CT molecular complexity index is 878. The standard InChI is InChI=1S/C21H21F2NO3/c1-12-4-5-13(9-17(12)22)14-7-15-8-16(27-20(15)18(23)10-14)11-24-21(25)19-3-2-6-26-19/h4-5,7,9-10,16,19H,2-3,6,8,11H2,1H3,(H,24,25). The number of rotatable bonds is 4. The Balaban J connectivity index is 1.46. The highest BCUT2D eigenvalue weighted by Crippen LogP contribution is 2.36. The Kier molecular flexibility index (Phi) is 4.83. The van der Waals surface area contributed by atoms with Crippen molar-refractivity contribution >= 4 is 5.91 Å². The van der Waals surface area contributed by atoms with Crippen molar-refractivity contribution in [2.45, 2.75) is 38.4 Å². The van der Waals surface area contributed by atoms with Crippen LogP contribution in [0.3, 0.4) is 0 Å². The van der Waals surface area contributed by atoms with Gasteiger partial charge < -0.3 is 14.8 Å². The first-order valence-electron chi connectivity index (χ1n) is 9.16. The fraction of sp³-hybridized carbons (Fsp3) is 0.381. The van der Waals surface area contributed by atoms with Gasteiger partial charge in [0.15, 0.2) is 11.6 Å². The average Bonchev–Trinajstić information content (AvgIpc) is 3.31. The summed E-state index contributed by atoms with van der Waals surface area (Å²) in [6, 6.07) is 8.04. The maximum absolute atomic E-state index is 14.5. The van der Waals surface area contributed by atoms with Crippen molar-refractivity contribution in [1.29, 1.82) is 0 Å². The average molecular weight is 373 g/mol. The molecule has 2 aliphatic heterocycles. The number of fused-ring (bicyclic) bond motifs is 1. The largest absolute Gasteiger partial charge is 0.485 e. The molecule has 1 N–H and O–H groups in total. The van der Waals surface area contributed by atoms with Gasteiger partial charge in [-0.15, -0.1) is 0 Å². The van der Waals surface area contributed by atoms with Gasteiger partial charge in [-0.25, -0.2) is 8.78 Å². The van der Waals surface area contributed by atoms with Crippen LogP contribution in [0, 0.1) is 18.6 Å². The van der Waals surface area contributed by atoms with Crippen LogP contribution in [0.4, 0.5) is 8.78 Å². The first-order valence-corrected chi connectivity index (χ1v) is 9.16. The van der Waals surface area contributed by atoms with E-state index in [0.717, 1.165) is 18.4 Å². The fourth-order valence-corrected chi connectivity index (χ4v) is 3.55. The molecule has 0 aliphatic carbocycles. The van der Waals surface area contributed by atoms with Crippen LogP contribution in [0.25, 0.3) is 11.1 Å². The van der Waals surface area contributed by atoms with Crippen LogP contribution in [0.15, 0.2) is 30.3 Å². The van der Waals surface area contributed by atoms with Crippen molar-refractivity contribution in [2.24, 2.45) is 0 Å². The lowest BCUT2D eigenvalue weighted by atomic mass is 9.99. The van der Waals surface area contributed by atoms with Gasteiger partial charge in [-0.1, -0.05) is 12.1 Å². The summed E-state index contributed by atoms with van der Waals surface area (Å²) in [5.41, 5.74) is 2.50. The van der Waals surface area contributed by atoms with Crippen molar-refractivity contribution in [3.8, 4) is 16.9 Å². The Morgan fingerprint density at radius 2 is 2.00 bits per heavy atom. The van der Waals surface area contributed by atoms with E-state index in [9.17, 15) is 13.6 Å². The zero-order valence-corrected chi connectivity index (χ0v) is 15.1. The lowest BCUT2D eigenvalue weighted by molar-refractivity contribution is -0.130. The topological polar surface area (TPSA) is 47.6 Å². The summed E-state index contributed by atoms with van der Waals surface area (Å²) in [7, 11) is 0. The molecule has 0 saturated carbocycles. The highest BCUT2D eigenvalue weighted by atomic mass is 19.1. The van der Waals surface area contributed by atoms with E-state index < -0.39 is 11.9 Å². The Labute approximate surface area is 156 Å². The van der Waals surface area contributed by atoms with Crippen LogP contribution >= 0.6 is 0 Å². The second-order valence-electron chi connectivity index (χ2n) is 7.10. The molecule has 2 aliphatic rings. The highest BCUT2D eigenvalue weighted by Gasteiger charge is 2.29. The molecule has 2 aromatic carbocycles. The van der Waals surface area contributed by atoms with E-state index >= 15 is 0 Å². The second-order valence-corrected chi connectivity index (χ2v) is 7.10. The van der Waals surface area contributed by atoms with Crippen molar-refractivity contribution < 1.29 is 23.0 Å². The number of ether oxygens (including phenoxy) is 2. The van der Waals surface area contributed by atoms with Gasteiger partial charge in [-0.05, 0) is 54.7 Å². The number of hydrogen-bond acceptors (Lipinski definition) is 3. The molecular weight excluding hydrogens is 352 g/mol.